The van der Waals surface area contributed by atoms with Gasteiger partial charge in [-0.1, -0.05) is 52.8 Å². The zero-order valence-electron chi connectivity index (χ0n) is 16.6. The van der Waals surface area contributed by atoms with Crippen molar-refractivity contribution in [3.63, 3.8) is 0 Å². The molecule has 0 saturated heterocycles. The van der Waals surface area contributed by atoms with E-state index >= 15 is 0 Å². The summed E-state index contributed by atoms with van der Waals surface area (Å²) in [4.78, 5) is 11.2. The van der Waals surface area contributed by atoms with E-state index in [-0.39, 0.29) is 22.8 Å². The second-order valence-electron chi connectivity index (χ2n) is 7.89. The molecule has 24 heavy (non-hydrogen) atoms. The molecule has 0 rings (SSSR count). The molecule has 0 fully saturated rings. The first-order valence-corrected chi connectivity index (χ1v) is 11.7. The number of hydrogen-bond donors (Lipinski definition) is 1. The number of esters is 1. The van der Waals surface area contributed by atoms with E-state index < -0.39 is 14.4 Å². The van der Waals surface area contributed by atoms with Crippen LogP contribution in [-0.4, -0.2) is 38.7 Å². The molecule has 0 bridgehead atoms. The number of aliphatic hydroxyl groups excluding tert-OH is 1. The molecule has 4 nitrogen and oxygen atoms in total. The molecule has 0 radical (unpaired) electrons. The van der Waals surface area contributed by atoms with Gasteiger partial charge in [-0.3, -0.25) is 0 Å². The fourth-order valence-corrected chi connectivity index (χ4v) is 2.96. The molecular formula is C19H36O4Si. The van der Waals surface area contributed by atoms with Crippen LogP contribution in [0.15, 0.2) is 24.3 Å². The van der Waals surface area contributed by atoms with E-state index in [4.69, 9.17) is 9.16 Å². The predicted octanol–water partition coefficient (Wildman–Crippen LogP) is 4.32. The number of carbonyl (C=O) groups is 1. The summed E-state index contributed by atoms with van der Waals surface area (Å²) >= 11 is 0. The summed E-state index contributed by atoms with van der Waals surface area (Å²) in [7, 11) is -1.79. The van der Waals surface area contributed by atoms with Crippen LogP contribution in [0.25, 0.3) is 0 Å². The minimum Gasteiger partial charge on any atom is -0.463 e. The van der Waals surface area contributed by atoms with Crippen LogP contribution < -0.4 is 0 Å². The highest BCUT2D eigenvalue weighted by atomic mass is 28.4. The van der Waals surface area contributed by atoms with Crippen LogP contribution in [0.1, 0.15) is 41.5 Å². The van der Waals surface area contributed by atoms with Gasteiger partial charge in [0.2, 0.25) is 0 Å². The monoisotopic (exact) mass is 356 g/mol. The molecule has 3 atom stereocenters. The van der Waals surface area contributed by atoms with Gasteiger partial charge in [-0.2, -0.15) is 0 Å². The average molecular weight is 357 g/mol. The van der Waals surface area contributed by atoms with E-state index in [0.717, 1.165) is 0 Å². The first-order chi connectivity index (χ1) is 10.9. The van der Waals surface area contributed by atoms with Crippen LogP contribution >= 0.6 is 0 Å². The molecule has 0 spiro atoms. The Morgan fingerprint density at radius 1 is 1.21 bits per heavy atom. The van der Waals surface area contributed by atoms with Gasteiger partial charge in [-0.05, 0) is 25.1 Å². The summed E-state index contributed by atoms with van der Waals surface area (Å²) in [6, 6.07) is 0. The average Bonchev–Trinajstić information content (AvgIpc) is 2.47. The zero-order chi connectivity index (χ0) is 19.0. The quantitative estimate of drug-likeness (QED) is 0.289. The lowest BCUT2D eigenvalue weighted by molar-refractivity contribution is -0.137. The lowest BCUT2D eigenvalue weighted by atomic mass is 9.94. The number of ether oxygens (including phenoxy) is 1. The Morgan fingerprint density at radius 3 is 2.29 bits per heavy atom. The molecule has 0 heterocycles. The van der Waals surface area contributed by atoms with Crippen molar-refractivity contribution in [2.24, 2.45) is 11.8 Å². The highest BCUT2D eigenvalue weighted by Crippen LogP contribution is 2.37. The molecule has 0 aromatic heterocycles. The highest BCUT2D eigenvalue weighted by Gasteiger charge is 2.37. The maximum atomic E-state index is 11.2. The summed E-state index contributed by atoms with van der Waals surface area (Å²) in [6.45, 7) is 17.7. The van der Waals surface area contributed by atoms with Gasteiger partial charge in [0.05, 0.1) is 12.7 Å². The highest BCUT2D eigenvalue weighted by molar-refractivity contribution is 6.74. The molecule has 0 aromatic carbocycles. The minimum absolute atomic E-state index is 0.0186. The van der Waals surface area contributed by atoms with Gasteiger partial charge >= 0.3 is 5.97 Å². The van der Waals surface area contributed by atoms with Gasteiger partial charge < -0.3 is 14.3 Å². The van der Waals surface area contributed by atoms with Crippen molar-refractivity contribution in [3.8, 4) is 0 Å². The van der Waals surface area contributed by atoms with Gasteiger partial charge in [0.1, 0.15) is 0 Å². The van der Waals surface area contributed by atoms with Gasteiger partial charge in [0, 0.05) is 24.5 Å². The van der Waals surface area contributed by atoms with Crippen molar-refractivity contribution in [1.29, 1.82) is 0 Å². The van der Waals surface area contributed by atoms with Crippen LogP contribution in [-0.2, 0) is 14.0 Å². The third kappa shape index (κ3) is 8.26. The van der Waals surface area contributed by atoms with E-state index in [0.29, 0.717) is 13.2 Å². The lowest BCUT2D eigenvalue weighted by Gasteiger charge is -2.37. The van der Waals surface area contributed by atoms with Crippen molar-refractivity contribution < 1.29 is 19.1 Å². The summed E-state index contributed by atoms with van der Waals surface area (Å²) < 4.78 is 11.0. The maximum Gasteiger partial charge on any atom is 0.330 e. The largest absolute Gasteiger partial charge is 0.463 e. The SMILES string of the molecule is CCOC(=O)/C=C/C=C/[C@H](C)[C@H](O)[C@@H](C)CO[Si](C)(C)C(C)(C)C. The van der Waals surface area contributed by atoms with E-state index in [1.165, 1.54) is 6.08 Å². The van der Waals surface area contributed by atoms with Crippen molar-refractivity contribution >= 4 is 14.3 Å². The Balaban J connectivity index is 4.47. The zero-order valence-corrected chi connectivity index (χ0v) is 17.6. The second kappa shape index (κ2) is 10.2. The van der Waals surface area contributed by atoms with Crippen molar-refractivity contribution in [2.75, 3.05) is 13.2 Å². The number of aliphatic hydroxyl groups is 1. The normalized spacial score (nSPS) is 17.2. The summed E-state index contributed by atoms with van der Waals surface area (Å²) in [6.07, 6.45) is 6.19. The Bertz CT molecular complexity index is 435. The van der Waals surface area contributed by atoms with Gasteiger partial charge in [0.25, 0.3) is 0 Å². The molecular weight excluding hydrogens is 320 g/mol. The number of rotatable bonds is 9. The summed E-state index contributed by atoms with van der Waals surface area (Å²) in [5.41, 5.74) is 0. The first kappa shape index (κ1) is 23.1. The molecule has 0 aromatic rings. The fourth-order valence-electron chi connectivity index (χ4n) is 1.85. The van der Waals surface area contributed by atoms with Crippen LogP contribution in [0, 0.1) is 11.8 Å². The van der Waals surface area contributed by atoms with Crippen LogP contribution in [0.3, 0.4) is 0 Å². The van der Waals surface area contributed by atoms with E-state index in [1.54, 1.807) is 19.1 Å². The van der Waals surface area contributed by atoms with Gasteiger partial charge in [-0.15, -0.1) is 0 Å². The smallest absolute Gasteiger partial charge is 0.330 e. The molecule has 1 N–H and O–H groups in total. The molecule has 0 unspecified atom stereocenters. The first-order valence-electron chi connectivity index (χ1n) is 8.76. The van der Waals surface area contributed by atoms with Gasteiger partial charge in [0.15, 0.2) is 8.32 Å². The number of allylic oxidation sites excluding steroid dienone is 2. The summed E-state index contributed by atoms with van der Waals surface area (Å²) in [5.74, 6) is -0.325. The molecule has 0 aliphatic rings. The van der Waals surface area contributed by atoms with E-state index in [1.807, 2.05) is 19.9 Å². The minimum atomic E-state index is -1.79. The lowest BCUT2D eigenvalue weighted by Crippen LogP contribution is -2.43. The molecule has 140 valence electrons. The molecule has 0 aliphatic carbocycles. The second-order valence-corrected chi connectivity index (χ2v) is 12.7. The van der Waals surface area contributed by atoms with Crippen molar-refractivity contribution in [2.45, 2.75) is 65.8 Å². The maximum absolute atomic E-state index is 11.2. The van der Waals surface area contributed by atoms with Crippen LogP contribution in [0.2, 0.25) is 18.1 Å². The Morgan fingerprint density at radius 2 is 1.79 bits per heavy atom. The number of carbonyl (C=O) groups excluding carboxylic acids is 1. The third-order valence-corrected chi connectivity index (χ3v) is 9.18. The van der Waals surface area contributed by atoms with E-state index in [9.17, 15) is 9.90 Å². The van der Waals surface area contributed by atoms with Crippen molar-refractivity contribution in [1.82, 2.24) is 0 Å². The summed E-state index contributed by atoms with van der Waals surface area (Å²) in [5, 5.41) is 10.6. The standard InChI is InChI=1S/C19H36O4Si/c1-9-22-17(20)13-11-10-12-15(2)18(21)16(3)14-23-24(7,8)19(4,5)6/h10-13,15-16,18,21H,9,14H2,1-8H3/b12-10+,13-11+/t15-,16-,18-/m0/s1. The van der Waals surface area contributed by atoms with E-state index in [2.05, 4.69) is 33.9 Å². The topological polar surface area (TPSA) is 55.8 Å². The molecule has 0 amide bonds. The Hall–Kier alpha value is -0.913. The number of hydrogen-bond acceptors (Lipinski definition) is 4. The Kier molecular flexibility index (Phi) is 9.78. The van der Waals surface area contributed by atoms with Gasteiger partial charge in [-0.25, -0.2) is 4.79 Å². The Labute approximate surface area is 149 Å². The fraction of sp³-hybridized carbons (Fsp3) is 0.737. The van der Waals surface area contributed by atoms with Crippen molar-refractivity contribution in [3.05, 3.63) is 24.3 Å². The molecule has 5 heteroatoms. The molecule has 0 saturated carbocycles. The van der Waals surface area contributed by atoms with Crippen LogP contribution in [0.5, 0.6) is 0 Å². The van der Waals surface area contributed by atoms with Crippen LogP contribution in [0.4, 0.5) is 0 Å². The predicted molar refractivity (Wildman–Crippen MR) is 102 cm³/mol. The third-order valence-electron chi connectivity index (χ3n) is 4.68. The molecule has 0 aliphatic heterocycles.